The van der Waals surface area contributed by atoms with Gasteiger partial charge in [0, 0.05) is 19.2 Å². The van der Waals surface area contributed by atoms with Gasteiger partial charge < -0.3 is 10.1 Å². The molecule has 1 heterocycles. The van der Waals surface area contributed by atoms with Crippen molar-refractivity contribution >= 4 is 28.9 Å². The van der Waals surface area contributed by atoms with E-state index in [4.69, 9.17) is 11.6 Å². The summed E-state index contributed by atoms with van der Waals surface area (Å²) >= 11 is 5.59. The predicted octanol–water partition coefficient (Wildman–Crippen LogP) is 3.90. The van der Waals surface area contributed by atoms with Crippen LogP contribution in [0.25, 0.3) is 0 Å². The number of benzene rings is 1. The first-order chi connectivity index (χ1) is 12.9. The fourth-order valence-corrected chi connectivity index (χ4v) is 2.47. The van der Waals surface area contributed by atoms with Crippen LogP contribution in [-0.2, 0) is 13.2 Å². The number of nitrogens with one attached hydrogen (secondary N) is 1. The van der Waals surface area contributed by atoms with Gasteiger partial charge in [-0.05, 0) is 0 Å². The van der Waals surface area contributed by atoms with Crippen LogP contribution in [0.5, 0.6) is 5.75 Å². The lowest BCUT2D eigenvalue weighted by Crippen LogP contribution is -2.17. The maximum absolute atomic E-state index is 12.8. The number of non-ortho nitro benzene ring substituents is 1. The zero-order valence-corrected chi connectivity index (χ0v) is 14.5. The van der Waals surface area contributed by atoms with Gasteiger partial charge in [0.25, 0.3) is 18.0 Å². The topological polar surface area (TPSA) is 99.3 Å². The fourth-order valence-electron chi connectivity index (χ4n) is 2.12. The summed E-state index contributed by atoms with van der Waals surface area (Å²) in [7, 11) is 1.04. The number of rotatable bonds is 6. The molecule has 0 radical (unpaired) electrons. The van der Waals surface area contributed by atoms with Crippen LogP contribution < -0.4 is 10.1 Å². The molecule has 0 saturated heterocycles. The highest BCUT2D eigenvalue weighted by molar-refractivity contribution is 6.34. The quantitative estimate of drug-likeness (QED) is 0.427. The molecule has 1 amide bonds. The Morgan fingerprint density at radius 1 is 1.39 bits per heavy atom. The largest absolute Gasteiger partial charge is 0.487 e. The van der Waals surface area contributed by atoms with Crippen molar-refractivity contribution in [1.29, 1.82) is 0 Å². The predicted molar refractivity (Wildman–Crippen MR) is 85.8 cm³/mol. The van der Waals surface area contributed by atoms with Crippen LogP contribution >= 0.6 is 11.6 Å². The molecule has 2 aromatic rings. The number of nitro benzene ring substituents is 1. The average Bonchev–Trinajstić information content (AvgIpc) is 2.87. The normalized spacial score (nSPS) is 11.6. The molecule has 0 spiro atoms. The van der Waals surface area contributed by atoms with Crippen LogP contribution in [0.4, 0.5) is 33.3 Å². The van der Waals surface area contributed by atoms with E-state index in [9.17, 15) is 36.9 Å². The average molecular weight is 429 g/mol. The Bertz CT molecular complexity index is 916. The van der Waals surface area contributed by atoms with Crippen molar-refractivity contribution in [1.82, 2.24) is 9.78 Å². The molecule has 28 heavy (non-hydrogen) atoms. The van der Waals surface area contributed by atoms with Gasteiger partial charge in [-0.15, -0.1) is 0 Å². The van der Waals surface area contributed by atoms with Crippen LogP contribution in [0.15, 0.2) is 18.2 Å². The molecule has 152 valence electrons. The Labute approximate surface area is 158 Å². The molecule has 14 heteroatoms. The number of carbonyl (C=O) groups excluding carboxylic acids is 1. The molecule has 0 atom stereocenters. The van der Waals surface area contributed by atoms with Crippen molar-refractivity contribution in [3.05, 3.63) is 44.7 Å². The Kier molecular flexibility index (Phi) is 6.07. The second-order valence-electron chi connectivity index (χ2n) is 5.26. The Morgan fingerprint density at radius 3 is 2.54 bits per heavy atom. The second kappa shape index (κ2) is 7.96. The minimum atomic E-state index is -4.91. The zero-order valence-electron chi connectivity index (χ0n) is 13.8. The summed E-state index contributed by atoms with van der Waals surface area (Å²) in [6.07, 6.45) is -7.76. The number of aryl methyl sites for hydroxylation is 1. The van der Waals surface area contributed by atoms with Gasteiger partial charge in [0.15, 0.2) is 5.69 Å². The summed E-state index contributed by atoms with van der Waals surface area (Å²) in [5, 5.41) is 15.2. The van der Waals surface area contributed by atoms with Crippen LogP contribution in [-0.4, -0.2) is 33.6 Å². The molecule has 2 rings (SSSR count). The number of carbonyl (C=O) groups is 1. The van der Waals surface area contributed by atoms with E-state index in [0.717, 1.165) is 25.2 Å². The third-order valence-electron chi connectivity index (χ3n) is 3.21. The van der Waals surface area contributed by atoms with E-state index < -0.39 is 52.1 Å². The van der Waals surface area contributed by atoms with Gasteiger partial charge in [0.05, 0.1) is 16.7 Å². The van der Waals surface area contributed by atoms with Gasteiger partial charge >= 0.3 is 6.18 Å². The highest BCUT2D eigenvalue weighted by atomic mass is 35.5. The summed E-state index contributed by atoms with van der Waals surface area (Å²) in [6, 6.07) is 2.70. The van der Waals surface area contributed by atoms with E-state index in [2.05, 4.69) is 15.2 Å². The molecule has 0 aliphatic heterocycles. The van der Waals surface area contributed by atoms with E-state index >= 15 is 0 Å². The van der Waals surface area contributed by atoms with Crippen molar-refractivity contribution in [2.75, 3.05) is 11.9 Å². The molecule has 1 aromatic heterocycles. The second-order valence-corrected chi connectivity index (χ2v) is 5.64. The standard InChI is InChI=1S/C14H10ClF5N4O4/c1-23-11(10(15)12(22-23)14(18,19)20)13(25)21-6-2-7(24(26)27)4-8(3-6)28-5-9(16)17/h2-4,9H,5H2,1H3,(H,21,25). The van der Waals surface area contributed by atoms with Gasteiger partial charge in [0.2, 0.25) is 0 Å². The monoisotopic (exact) mass is 428 g/mol. The number of anilines is 1. The smallest absolute Gasteiger partial charge is 0.436 e. The molecule has 0 fully saturated rings. The lowest BCUT2D eigenvalue weighted by atomic mass is 10.2. The Balaban J connectivity index is 2.36. The number of nitro groups is 1. The Hall–Kier alpha value is -2.96. The molecule has 8 nitrogen and oxygen atoms in total. The molecule has 0 aliphatic carbocycles. The highest BCUT2D eigenvalue weighted by Gasteiger charge is 2.39. The number of ether oxygens (including phenoxy) is 1. The molecule has 0 unspecified atom stereocenters. The summed E-state index contributed by atoms with van der Waals surface area (Å²) in [5.74, 6) is -1.51. The number of amides is 1. The first kappa shape index (κ1) is 21.3. The number of hydrogen-bond donors (Lipinski definition) is 1. The van der Waals surface area contributed by atoms with E-state index in [1.54, 1.807) is 0 Å². The van der Waals surface area contributed by atoms with E-state index in [1.807, 2.05) is 0 Å². The number of hydrogen-bond acceptors (Lipinski definition) is 5. The van der Waals surface area contributed by atoms with E-state index in [1.165, 1.54) is 0 Å². The van der Waals surface area contributed by atoms with Crippen molar-refractivity contribution in [3.8, 4) is 5.75 Å². The SMILES string of the molecule is Cn1nc(C(F)(F)F)c(Cl)c1C(=O)Nc1cc(OCC(F)F)cc([N+](=O)[O-])c1. The molecule has 1 N–H and O–H groups in total. The first-order valence-corrected chi connectivity index (χ1v) is 7.59. The first-order valence-electron chi connectivity index (χ1n) is 7.21. The van der Waals surface area contributed by atoms with Crippen LogP contribution in [0.1, 0.15) is 16.2 Å². The number of nitrogens with zero attached hydrogens (tertiary/aromatic N) is 3. The highest BCUT2D eigenvalue weighted by Crippen LogP contribution is 2.35. The van der Waals surface area contributed by atoms with Gasteiger partial charge in [-0.1, -0.05) is 11.6 Å². The number of halogens is 6. The van der Waals surface area contributed by atoms with Crippen molar-refractivity contribution < 1.29 is 36.4 Å². The molecule has 1 aromatic carbocycles. The van der Waals surface area contributed by atoms with Crippen molar-refractivity contribution in [2.45, 2.75) is 12.6 Å². The third kappa shape index (κ3) is 4.85. The molecule has 0 saturated carbocycles. The lowest BCUT2D eigenvalue weighted by molar-refractivity contribution is -0.384. The van der Waals surface area contributed by atoms with Gasteiger partial charge in [0.1, 0.15) is 23.1 Å². The third-order valence-corrected chi connectivity index (χ3v) is 3.57. The van der Waals surface area contributed by atoms with Crippen LogP contribution in [0.2, 0.25) is 5.02 Å². The number of aromatic nitrogens is 2. The molecule has 0 bridgehead atoms. The van der Waals surface area contributed by atoms with Crippen LogP contribution in [0.3, 0.4) is 0 Å². The molecular weight excluding hydrogens is 419 g/mol. The summed E-state index contributed by atoms with van der Waals surface area (Å²) < 4.78 is 68.3. The van der Waals surface area contributed by atoms with Gasteiger partial charge in [-0.2, -0.15) is 18.3 Å². The summed E-state index contributed by atoms with van der Waals surface area (Å²) in [4.78, 5) is 22.4. The zero-order chi connectivity index (χ0) is 21.2. The van der Waals surface area contributed by atoms with Gasteiger partial charge in [-0.3, -0.25) is 19.6 Å². The Morgan fingerprint density at radius 2 is 2.04 bits per heavy atom. The van der Waals surface area contributed by atoms with E-state index in [0.29, 0.717) is 4.68 Å². The van der Waals surface area contributed by atoms with Crippen LogP contribution in [0, 0.1) is 10.1 Å². The summed E-state index contributed by atoms with van der Waals surface area (Å²) in [5.41, 5.74) is -3.03. The molecular formula is C14H10ClF5N4O4. The maximum Gasteiger partial charge on any atom is 0.436 e. The maximum atomic E-state index is 12.8. The van der Waals surface area contributed by atoms with Crippen molar-refractivity contribution in [2.24, 2.45) is 7.05 Å². The van der Waals surface area contributed by atoms with Gasteiger partial charge in [-0.25, -0.2) is 8.78 Å². The van der Waals surface area contributed by atoms with Crippen molar-refractivity contribution in [3.63, 3.8) is 0 Å². The minimum absolute atomic E-state index is 0.283. The summed E-state index contributed by atoms with van der Waals surface area (Å²) in [6.45, 7) is -1.06. The number of alkyl halides is 5. The lowest BCUT2D eigenvalue weighted by Gasteiger charge is -2.10. The minimum Gasteiger partial charge on any atom is -0.487 e. The van der Waals surface area contributed by atoms with E-state index in [-0.39, 0.29) is 11.4 Å². The molecule has 0 aliphatic rings. The fraction of sp³-hybridized carbons (Fsp3) is 0.286.